The van der Waals surface area contributed by atoms with E-state index in [0.29, 0.717) is 10.8 Å². The maximum atomic E-state index is 6.14. The Bertz CT molecular complexity index is 533. The van der Waals surface area contributed by atoms with E-state index in [1.807, 2.05) is 24.3 Å². The van der Waals surface area contributed by atoms with Crippen molar-refractivity contribution in [2.45, 2.75) is 0 Å². The van der Waals surface area contributed by atoms with E-state index >= 15 is 0 Å². The minimum absolute atomic E-state index is 0.681. The van der Waals surface area contributed by atoms with Gasteiger partial charge in [-0.15, -0.1) is 5.10 Å². The molecule has 1 aliphatic heterocycles. The van der Waals surface area contributed by atoms with Gasteiger partial charge in [0, 0.05) is 31.7 Å². The zero-order chi connectivity index (χ0) is 12.4. The summed E-state index contributed by atoms with van der Waals surface area (Å²) in [5.41, 5.74) is 0.882. The molecule has 0 atom stereocenters. The van der Waals surface area contributed by atoms with E-state index in [-0.39, 0.29) is 0 Å². The van der Waals surface area contributed by atoms with Crippen LogP contribution in [0.3, 0.4) is 0 Å². The minimum Gasteiger partial charge on any atom is -0.337 e. The van der Waals surface area contributed by atoms with Gasteiger partial charge < -0.3 is 10.2 Å². The molecule has 1 fully saturated rings. The van der Waals surface area contributed by atoms with E-state index in [4.69, 9.17) is 11.6 Å². The molecule has 0 saturated carbocycles. The summed E-state index contributed by atoms with van der Waals surface area (Å²) < 4.78 is 0. The Morgan fingerprint density at radius 2 is 1.94 bits per heavy atom. The molecule has 1 saturated heterocycles. The average molecular weight is 264 g/mol. The third kappa shape index (κ3) is 2.19. The smallest absolute Gasteiger partial charge is 0.245 e. The molecule has 5 nitrogen and oxygen atoms in total. The van der Waals surface area contributed by atoms with Crippen LogP contribution < -0.4 is 10.2 Å². The highest BCUT2D eigenvalue weighted by Crippen LogP contribution is 2.25. The molecule has 1 aromatic carbocycles. The van der Waals surface area contributed by atoms with Crippen molar-refractivity contribution in [3.05, 3.63) is 29.3 Å². The highest BCUT2D eigenvalue weighted by molar-refractivity contribution is 6.33. The molecule has 2 heterocycles. The number of anilines is 1. The Balaban J connectivity index is 1.87. The molecular formula is C12H14ClN5. The van der Waals surface area contributed by atoms with E-state index in [9.17, 15) is 0 Å². The third-order valence-corrected chi connectivity index (χ3v) is 3.33. The first-order valence-corrected chi connectivity index (χ1v) is 6.35. The number of benzene rings is 1. The fourth-order valence-electron chi connectivity index (χ4n) is 2.03. The van der Waals surface area contributed by atoms with E-state index in [0.717, 1.165) is 37.7 Å². The van der Waals surface area contributed by atoms with Gasteiger partial charge in [0.1, 0.15) is 0 Å². The second-order valence-corrected chi connectivity index (χ2v) is 4.61. The fourth-order valence-corrected chi connectivity index (χ4v) is 2.26. The molecular weight excluding hydrogens is 250 g/mol. The Morgan fingerprint density at radius 3 is 2.72 bits per heavy atom. The van der Waals surface area contributed by atoms with Crippen molar-refractivity contribution in [1.29, 1.82) is 0 Å². The van der Waals surface area contributed by atoms with Crippen LogP contribution in [-0.2, 0) is 0 Å². The van der Waals surface area contributed by atoms with Crippen molar-refractivity contribution in [2.24, 2.45) is 0 Å². The lowest BCUT2D eigenvalue weighted by Gasteiger charge is -2.25. The van der Waals surface area contributed by atoms with Crippen LogP contribution in [0.1, 0.15) is 0 Å². The lowest BCUT2D eigenvalue weighted by atomic mass is 10.2. The van der Waals surface area contributed by atoms with E-state index in [1.54, 1.807) is 0 Å². The summed E-state index contributed by atoms with van der Waals surface area (Å²) in [7, 11) is 0. The van der Waals surface area contributed by atoms with E-state index in [1.165, 1.54) is 0 Å². The molecule has 1 aromatic heterocycles. The topological polar surface area (TPSA) is 56.8 Å². The van der Waals surface area contributed by atoms with Gasteiger partial charge in [0.25, 0.3) is 0 Å². The fraction of sp³-hybridized carbons (Fsp3) is 0.333. The largest absolute Gasteiger partial charge is 0.337 e. The lowest BCUT2D eigenvalue weighted by molar-refractivity contribution is 0.580. The molecule has 0 spiro atoms. The van der Waals surface area contributed by atoms with Crippen LogP contribution in [-0.4, -0.2) is 41.4 Å². The maximum absolute atomic E-state index is 6.14. The van der Waals surface area contributed by atoms with Gasteiger partial charge in [-0.1, -0.05) is 23.7 Å². The van der Waals surface area contributed by atoms with Crippen molar-refractivity contribution in [3.8, 4) is 11.4 Å². The zero-order valence-electron chi connectivity index (χ0n) is 9.86. The second kappa shape index (κ2) is 4.96. The monoisotopic (exact) mass is 263 g/mol. The predicted molar refractivity (Wildman–Crippen MR) is 71.9 cm³/mol. The standard InChI is InChI=1S/C12H14ClN5/c13-10-4-2-1-3-9(10)11-15-12(17-16-11)18-7-5-14-6-8-18/h1-4,14H,5-8H2,(H,15,16,17). The van der Waals surface area contributed by atoms with Crippen molar-refractivity contribution < 1.29 is 0 Å². The van der Waals surface area contributed by atoms with Crippen LogP contribution in [0.5, 0.6) is 0 Å². The Morgan fingerprint density at radius 1 is 1.17 bits per heavy atom. The lowest BCUT2D eigenvalue weighted by Crippen LogP contribution is -2.44. The summed E-state index contributed by atoms with van der Waals surface area (Å²) in [4.78, 5) is 6.67. The number of rotatable bonds is 2. The second-order valence-electron chi connectivity index (χ2n) is 4.20. The number of aromatic amines is 1. The van der Waals surface area contributed by atoms with Gasteiger partial charge in [-0.3, -0.25) is 5.10 Å². The molecule has 2 N–H and O–H groups in total. The van der Waals surface area contributed by atoms with Crippen molar-refractivity contribution in [3.63, 3.8) is 0 Å². The van der Waals surface area contributed by atoms with Gasteiger partial charge in [0.2, 0.25) is 5.95 Å². The quantitative estimate of drug-likeness (QED) is 0.863. The summed E-state index contributed by atoms with van der Waals surface area (Å²) >= 11 is 6.14. The van der Waals surface area contributed by atoms with Gasteiger partial charge in [-0.05, 0) is 12.1 Å². The first-order valence-electron chi connectivity index (χ1n) is 5.97. The minimum atomic E-state index is 0.681. The summed E-state index contributed by atoms with van der Waals surface area (Å²) in [6.07, 6.45) is 0. The van der Waals surface area contributed by atoms with Crippen molar-refractivity contribution in [1.82, 2.24) is 20.5 Å². The highest BCUT2D eigenvalue weighted by atomic mass is 35.5. The van der Waals surface area contributed by atoms with Gasteiger partial charge >= 0.3 is 0 Å². The Kier molecular flexibility index (Phi) is 3.17. The van der Waals surface area contributed by atoms with Crippen LogP contribution in [0, 0.1) is 0 Å². The van der Waals surface area contributed by atoms with Crippen LogP contribution in [0.4, 0.5) is 5.95 Å². The SMILES string of the molecule is Clc1ccccc1-c1nc(N2CCNCC2)n[nH]1. The molecule has 0 radical (unpaired) electrons. The molecule has 1 aliphatic rings. The van der Waals surface area contributed by atoms with Crippen LogP contribution >= 0.6 is 11.6 Å². The third-order valence-electron chi connectivity index (χ3n) is 3.00. The number of hydrogen-bond acceptors (Lipinski definition) is 4. The molecule has 2 aromatic rings. The van der Waals surface area contributed by atoms with Gasteiger partial charge in [0.15, 0.2) is 5.82 Å². The molecule has 3 rings (SSSR count). The maximum Gasteiger partial charge on any atom is 0.245 e. The van der Waals surface area contributed by atoms with E-state index < -0.39 is 0 Å². The van der Waals surface area contributed by atoms with Crippen molar-refractivity contribution in [2.75, 3.05) is 31.1 Å². The number of H-pyrrole nitrogens is 1. The number of nitrogens with one attached hydrogen (secondary N) is 2. The number of piperazine rings is 1. The summed E-state index contributed by atoms with van der Waals surface area (Å²) in [5.74, 6) is 1.46. The van der Waals surface area contributed by atoms with Crippen LogP contribution in [0.25, 0.3) is 11.4 Å². The predicted octanol–water partition coefficient (Wildman–Crippen LogP) is 1.53. The number of aromatic nitrogens is 3. The summed E-state index contributed by atoms with van der Waals surface area (Å²) in [5, 5.41) is 11.2. The average Bonchev–Trinajstić information content (AvgIpc) is 2.90. The Hall–Kier alpha value is -1.59. The molecule has 0 aliphatic carbocycles. The molecule has 18 heavy (non-hydrogen) atoms. The summed E-state index contributed by atoms with van der Waals surface area (Å²) in [6, 6.07) is 7.63. The molecule has 0 unspecified atom stereocenters. The number of halogens is 1. The summed E-state index contributed by atoms with van der Waals surface area (Å²) in [6.45, 7) is 3.80. The van der Waals surface area contributed by atoms with Crippen molar-refractivity contribution >= 4 is 17.5 Å². The van der Waals surface area contributed by atoms with E-state index in [2.05, 4.69) is 25.4 Å². The highest BCUT2D eigenvalue weighted by Gasteiger charge is 2.16. The molecule has 6 heteroatoms. The molecule has 0 bridgehead atoms. The molecule has 0 amide bonds. The Labute approximate surface area is 110 Å². The first kappa shape index (κ1) is 11.5. The van der Waals surface area contributed by atoms with Crippen LogP contribution in [0.15, 0.2) is 24.3 Å². The molecule has 94 valence electrons. The van der Waals surface area contributed by atoms with Gasteiger partial charge in [-0.2, -0.15) is 4.98 Å². The first-order chi connectivity index (χ1) is 8.84. The number of nitrogens with zero attached hydrogens (tertiary/aromatic N) is 3. The van der Waals surface area contributed by atoms with Gasteiger partial charge in [-0.25, -0.2) is 0 Å². The number of hydrogen-bond donors (Lipinski definition) is 2. The van der Waals surface area contributed by atoms with Gasteiger partial charge in [0.05, 0.1) is 5.02 Å². The normalized spacial score (nSPS) is 15.9. The zero-order valence-corrected chi connectivity index (χ0v) is 10.6. The van der Waals surface area contributed by atoms with Crippen LogP contribution in [0.2, 0.25) is 5.02 Å².